The van der Waals surface area contributed by atoms with Crippen LogP contribution in [-0.2, 0) is 0 Å². The molecule has 0 bridgehead atoms. The highest BCUT2D eigenvalue weighted by Gasteiger charge is 2.10. The summed E-state index contributed by atoms with van der Waals surface area (Å²) >= 11 is 4.72. The van der Waals surface area contributed by atoms with Gasteiger partial charge in [0.05, 0.1) is 0 Å². The fraction of sp³-hybridized carbons (Fsp3) is 0.0625. The number of para-hydroxylation sites is 1. The third kappa shape index (κ3) is 3.94. The number of nitrogens with zero attached hydrogens (tertiary/aromatic N) is 2. The number of halogens is 1. The van der Waals surface area contributed by atoms with Crippen LogP contribution in [0.3, 0.4) is 0 Å². The Labute approximate surface area is 145 Å². The van der Waals surface area contributed by atoms with E-state index in [4.69, 9.17) is 0 Å². The molecule has 116 valence electrons. The second-order valence-corrected chi connectivity index (χ2v) is 6.71. The Kier molecular flexibility index (Phi) is 4.68. The zero-order valence-electron chi connectivity index (χ0n) is 12.2. The van der Waals surface area contributed by atoms with Crippen molar-refractivity contribution in [2.75, 3.05) is 10.6 Å². The van der Waals surface area contributed by atoms with Crippen LogP contribution in [0, 0.1) is 6.92 Å². The van der Waals surface area contributed by atoms with Gasteiger partial charge in [0.1, 0.15) is 5.01 Å². The average Bonchev–Trinajstić information content (AvgIpc) is 2.98. The Hall–Kier alpha value is -2.25. The number of anilines is 2. The van der Waals surface area contributed by atoms with Gasteiger partial charge in [0, 0.05) is 15.7 Å². The smallest absolute Gasteiger partial charge is 0.307 e. The topological polar surface area (TPSA) is 66.9 Å². The normalized spacial score (nSPS) is 10.3. The molecule has 2 N–H and O–H groups in total. The minimum atomic E-state index is -0.335. The van der Waals surface area contributed by atoms with Gasteiger partial charge in [0.15, 0.2) is 0 Å². The fourth-order valence-corrected chi connectivity index (χ4v) is 2.96. The van der Waals surface area contributed by atoms with Crippen LogP contribution in [0.2, 0.25) is 0 Å². The molecule has 0 unspecified atom stereocenters. The number of carbonyl (C=O) groups is 1. The predicted molar refractivity (Wildman–Crippen MR) is 96.9 cm³/mol. The fourth-order valence-electron chi connectivity index (χ4n) is 1.95. The van der Waals surface area contributed by atoms with Gasteiger partial charge in [0.2, 0.25) is 5.13 Å². The van der Waals surface area contributed by atoms with Gasteiger partial charge in [-0.15, -0.1) is 10.2 Å². The molecule has 0 aliphatic rings. The Morgan fingerprint density at radius 2 is 1.78 bits per heavy atom. The van der Waals surface area contributed by atoms with Crippen LogP contribution in [-0.4, -0.2) is 16.2 Å². The first-order valence-electron chi connectivity index (χ1n) is 6.85. The van der Waals surface area contributed by atoms with Crippen LogP contribution < -0.4 is 10.6 Å². The summed E-state index contributed by atoms with van der Waals surface area (Å²) in [6.45, 7) is 1.94. The van der Waals surface area contributed by atoms with Gasteiger partial charge in [-0.1, -0.05) is 57.6 Å². The molecule has 0 radical (unpaired) electrons. The number of carbonyl (C=O) groups excluding carboxylic acids is 1. The maximum atomic E-state index is 12.0. The van der Waals surface area contributed by atoms with E-state index >= 15 is 0 Å². The zero-order valence-corrected chi connectivity index (χ0v) is 14.6. The predicted octanol–water partition coefficient (Wildman–Crippen LogP) is 4.92. The molecule has 3 rings (SSSR count). The van der Waals surface area contributed by atoms with Gasteiger partial charge in [-0.3, -0.25) is 5.32 Å². The van der Waals surface area contributed by atoms with Crippen molar-refractivity contribution in [2.24, 2.45) is 0 Å². The minimum Gasteiger partial charge on any atom is -0.307 e. The van der Waals surface area contributed by atoms with Crippen molar-refractivity contribution in [3.05, 3.63) is 58.6 Å². The second kappa shape index (κ2) is 6.89. The third-order valence-electron chi connectivity index (χ3n) is 3.13. The monoisotopic (exact) mass is 388 g/mol. The van der Waals surface area contributed by atoms with Crippen molar-refractivity contribution in [1.29, 1.82) is 0 Å². The molecule has 0 saturated heterocycles. The van der Waals surface area contributed by atoms with Crippen molar-refractivity contribution in [1.82, 2.24) is 10.2 Å². The molecule has 2 aromatic carbocycles. The Morgan fingerprint density at radius 3 is 2.52 bits per heavy atom. The van der Waals surface area contributed by atoms with Crippen molar-refractivity contribution in [3.8, 4) is 10.6 Å². The number of hydrogen-bond donors (Lipinski definition) is 2. The number of nitrogens with one attached hydrogen (secondary N) is 2. The van der Waals surface area contributed by atoms with Crippen LogP contribution in [0.1, 0.15) is 5.56 Å². The van der Waals surface area contributed by atoms with Crippen LogP contribution >= 0.6 is 27.3 Å². The molecule has 0 aliphatic heterocycles. The molecule has 1 aromatic heterocycles. The van der Waals surface area contributed by atoms with E-state index < -0.39 is 0 Å². The molecule has 1 heterocycles. The number of aryl methyl sites for hydroxylation is 1. The number of aromatic nitrogens is 2. The Balaban J connectivity index is 1.68. The van der Waals surface area contributed by atoms with Crippen molar-refractivity contribution >= 4 is 44.1 Å². The molecule has 5 nitrogen and oxygen atoms in total. The first-order chi connectivity index (χ1) is 11.1. The molecule has 7 heteroatoms. The number of urea groups is 1. The van der Waals surface area contributed by atoms with E-state index in [1.165, 1.54) is 11.3 Å². The van der Waals surface area contributed by atoms with Crippen LogP contribution in [0.5, 0.6) is 0 Å². The lowest BCUT2D eigenvalue weighted by Gasteiger charge is -2.07. The van der Waals surface area contributed by atoms with E-state index in [9.17, 15) is 4.79 Å². The molecule has 0 atom stereocenters. The van der Waals surface area contributed by atoms with E-state index in [1.54, 1.807) is 0 Å². The van der Waals surface area contributed by atoms with E-state index in [0.717, 1.165) is 26.3 Å². The minimum absolute atomic E-state index is 0.335. The highest BCUT2D eigenvalue weighted by molar-refractivity contribution is 9.10. The summed E-state index contributed by atoms with van der Waals surface area (Å²) in [4.78, 5) is 12.0. The van der Waals surface area contributed by atoms with Crippen molar-refractivity contribution in [3.63, 3.8) is 0 Å². The molecular formula is C16H13BrN4OS. The summed E-state index contributed by atoms with van der Waals surface area (Å²) in [6, 6.07) is 15.0. The van der Waals surface area contributed by atoms with E-state index in [1.807, 2.05) is 55.5 Å². The van der Waals surface area contributed by atoms with Gasteiger partial charge >= 0.3 is 6.03 Å². The highest BCUT2D eigenvalue weighted by Crippen LogP contribution is 2.27. The lowest BCUT2D eigenvalue weighted by atomic mass is 10.2. The summed E-state index contributed by atoms with van der Waals surface area (Å²) < 4.78 is 1.00. The Morgan fingerprint density at radius 1 is 1.04 bits per heavy atom. The SMILES string of the molecule is Cc1ccccc1NC(=O)Nc1nnc(-c2ccc(Br)cc2)s1. The number of amides is 2. The summed E-state index contributed by atoms with van der Waals surface area (Å²) in [5.41, 5.74) is 2.72. The zero-order chi connectivity index (χ0) is 16.2. The maximum Gasteiger partial charge on any atom is 0.325 e. The summed E-state index contributed by atoms with van der Waals surface area (Å²) in [5.74, 6) is 0. The summed E-state index contributed by atoms with van der Waals surface area (Å²) in [5, 5.41) is 14.8. The summed E-state index contributed by atoms with van der Waals surface area (Å²) in [7, 11) is 0. The van der Waals surface area contributed by atoms with Gasteiger partial charge < -0.3 is 5.32 Å². The molecule has 3 aromatic rings. The first-order valence-corrected chi connectivity index (χ1v) is 8.46. The van der Waals surface area contributed by atoms with Gasteiger partial charge in [-0.25, -0.2) is 4.79 Å². The number of benzene rings is 2. The third-order valence-corrected chi connectivity index (χ3v) is 4.55. The van der Waals surface area contributed by atoms with Gasteiger partial charge in [-0.2, -0.15) is 0 Å². The molecule has 23 heavy (non-hydrogen) atoms. The number of hydrogen-bond acceptors (Lipinski definition) is 4. The Bertz CT molecular complexity index is 832. The standard InChI is InChI=1S/C16H13BrN4OS/c1-10-4-2-3-5-13(10)18-15(22)19-16-21-20-14(23-16)11-6-8-12(17)9-7-11/h2-9H,1H3,(H2,18,19,21,22). The van der Waals surface area contributed by atoms with Gasteiger partial charge in [-0.05, 0) is 30.7 Å². The van der Waals surface area contributed by atoms with Crippen molar-refractivity contribution in [2.45, 2.75) is 6.92 Å². The molecule has 2 amide bonds. The van der Waals surface area contributed by atoms with E-state index in [-0.39, 0.29) is 6.03 Å². The summed E-state index contributed by atoms with van der Waals surface area (Å²) in [6.07, 6.45) is 0. The quantitative estimate of drug-likeness (QED) is 0.668. The molecule has 0 aliphatic carbocycles. The lowest BCUT2D eigenvalue weighted by molar-refractivity contribution is 0.262. The van der Waals surface area contributed by atoms with Crippen LogP contribution in [0.25, 0.3) is 10.6 Å². The van der Waals surface area contributed by atoms with Gasteiger partial charge in [0.25, 0.3) is 0 Å². The van der Waals surface area contributed by atoms with E-state index in [0.29, 0.717) is 5.13 Å². The van der Waals surface area contributed by atoms with Crippen LogP contribution in [0.4, 0.5) is 15.6 Å². The van der Waals surface area contributed by atoms with Crippen molar-refractivity contribution < 1.29 is 4.79 Å². The number of rotatable bonds is 3. The largest absolute Gasteiger partial charge is 0.325 e. The van der Waals surface area contributed by atoms with Crippen LogP contribution in [0.15, 0.2) is 53.0 Å². The average molecular weight is 389 g/mol. The first kappa shape index (κ1) is 15.6. The second-order valence-electron chi connectivity index (χ2n) is 4.81. The lowest BCUT2D eigenvalue weighted by Crippen LogP contribution is -2.19. The molecule has 0 spiro atoms. The highest BCUT2D eigenvalue weighted by atomic mass is 79.9. The molecular weight excluding hydrogens is 376 g/mol. The molecule has 0 saturated carbocycles. The maximum absolute atomic E-state index is 12.0. The van der Waals surface area contributed by atoms with E-state index in [2.05, 4.69) is 36.8 Å². The molecule has 0 fully saturated rings.